The lowest BCUT2D eigenvalue weighted by atomic mass is 10.1. The maximum Gasteiger partial charge on any atom is 0.306 e. The lowest BCUT2D eigenvalue weighted by Gasteiger charge is -2.19. The third kappa shape index (κ3) is 13.0. The van der Waals surface area contributed by atoms with Crippen molar-refractivity contribution < 1.29 is 26.9 Å². The average molecular weight is 341 g/mol. The van der Waals surface area contributed by atoms with Gasteiger partial charge < -0.3 is 9.16 Å². The molecule has 0 aliphatic heterocycles. The van der Waals surface area contributed by atoms with Crippen LogP contribution >= 0.6 is 0 Å². The molecule has 0 heterocycles. The Morgan fingerprint density at radius 2 is 1.76 bits per heavy atom. The van der Waals surface area contributed by atoms with Gasteiger partial charge in [0.2, 0.25) is 0 Å². The largest absolute Gasteiger partial charge is 0.461 e. The van der Waals surface area contributed by atoms with E-state index in [1.807, 2.05) is 0 Å². The van der Waals surface area contributed by atoms with E-state index in [0.29, 0.717) is 0 Å². The van der Waals surface area contributed by atoms with Crippen molar-refractivity contribution in [1.82, 2.24) is 0 Å². The summed E-state index contributed by atoms with van der Waals surface area (Å²) in [6.45, 7) is 5.81. The zero-order valence-corrected chi connectivity index (χ0v) is 15.2. The minimum absolute atomic E-state index is 0.279. The van der Waals surface area contributed by atoms with Crippen LogP contribution < -0.4 is 0 Å². The number of unbranched alkanes of at least 4 members (excludes halogenated alkanes) is 3. The number of ether oxygens (including phenoxy) is 1. The summed E-state index contributed by atoms with van der Waals surface area (Å²) in [6, 6.07) is 1.11. The van der Waals surface area contributed by atoms with E-state index in [1.165, 1.54) is 6.92 Å². The molecule has 1 unspecified atom stereocenters. The molecule has 0 spiro atoms. The number of rotatable bonds is 11. The van der Waals surface area contributed by atoms with E-state index in [-0.39, 0.29) is 6.42 Å². The van der Waals surface area contributed by atoms with Crippen molar-refractivity contribution in [1.29, 1.82) is 0 Å². The van der Waals surface area contributed by atoms with Crippen molar-refractivity contribution in [3.8, 4) is 0 Å². The van der Waals surface area contributed by atoms with Crippen LogP contribution in [0, 0.1) is 0 Å². The van der Waals surface area contributed by atoms with Crippen LogP contribution in [0.2, 0.25) is 19.1 Å². The fourth-order valence-corrected chi connectivity index (χ4v) is 3.86. The van der Waals surface area contributed by atoms with Gasteiger partial charge in [0, 0.05) is 13.5 Å². The second kappa shape index (κ2) is 9.55. The smallest absolute Gasteiger partial charge is 0.306 e. The Balaban J connectivity index is 3.67. The monoisotopic (exact) mass is 340 g/mol. The van der Waals surface area contributed by atoms with Crippen molar-refractivity contribution in [2.75, 3.05) is 12.9 Å². The minimum atomic E-state index is -4.10. The molecule has 8 heteroatoms. The summed E-state index contributed by atoms with van der Waals surface area (Å²) < 4.78 is 40.2. The summed E-state index contributed by atoms with van der Waals surface area (Å²) in [7, 11) is -3.82. The van der Waals surface area contributed by atoms with Crippen molar-refractivity contribution in [3.63, 3.8) is 0 Å². The second-order valence-corrected chi connectivity index (χ2v) is 11.9. The summed E-state index contributed by atoms with van der Waals surface area (Å²) in [5.41, 5.74) is 0. The molecule has 126 valence electrons. The molecule has 0 aromatic carbocycles. The Labute approximate surface area is 129 Å². The van der Waals surface area contributed by atoms with E-state index < -0.39 is 36.3 Å². The molecular formula is C13H28O6SSi. The third-order valence-corrected chi connectivity index (χ3v) is 6.79. The molecule has 0 amide bonds. The highest BCUT2D eigenvalue weighted by Gasteiger charge is 2.19. The topological polar surface area (TPSA) is 89.9 Å². The maximum atomic E-state index is 11.5. The van der Waals surface area contributed by atoms with Crippen LogP contribution in [0.25, 0.3) is 0 Å². The van der Waals surface area contributed by atoms with Crippen molar-refractivity contribution in [2.24, 2.45) is 0 Å². The molecule has 1 N–H and O–H groups in total. The predicted octanol–water partition coefficient (Wildman–Crippen LogP) is 2.61. The minimum Gasteiger partial charge on any atom is -0.461 e. The van der Waals surface area contributed by atoms with Gasteiger partial charge in [-0.2, -0.15) is 8.42 Å². The molecule has 0 fully saturated rings. The number of esters is 1. The van der Waals surface area contributed by atoms with Gasteiger partial charge in [0.1, 0.15) is 11.9 Å². The quantitative estimate of drug-likeness (QED) is 0.269. The third-order valence-electron chi connectivity index (χ3n) is 3.24. The number of hydrogen-bond acceptors (Lipinski definition) is 5. The molecule has 21 heavy (non-hydrogen) atoms. The van der Waals surface area contributed by atoms with Crippen molar-refractivity contribution in [3.05, 3.63) is 0 Å². The highest BCUT2D eigenvalue weighted by atomic mass is 32.2. The zero-order chi connectivity index (χ0) is 16.5. The molecule has 0 aromatic rings. The Kier molecular flexibility index (Phi) is 9.35. The summed E-state index contributed by atoms with van der Waals surface area (Å²) in [4.78, 5) is 11.5. The zero-order valence-electron chi connectivity index (χ0n) is 13.4. The van der Waals surface area contributed by atoms with Crippen molar-refractivity contribution >= 4 is 24.4 Å². The Morgan fingerprint density at radius 1 is 1.19 bits per heavy atom. The molecule has 0 rings (SSSR count). The molecular weight excluding hydrogens is 312 g/mol. The first-order valence-corrected chi connectivity index (χ1v) is 12.0. The van der Waals surface area contributed by atoms with Gasteiger partial charge in [0.15, 0.2) is 8.32 Å². The van der Waals surface area contributed by atoms with Crippen LogP contribution in [-0.4, -0.2) is 46.2 Å². The van der Waals surface area contributed by atoms with Crippen LogP contribution in [0.5, 0.6) is 0 Å². The Hall–Kier alpha value is -0.443. The van der Waals surface area contributed by atoms with Crippen LogP contribution in [0.15, 0.2) is 0 Å². The maximum absolute atomic E-state index is 11.5. The van der Waals surface area contributed by atoms with E-state index in [4.69, 9.17) is 13.7 Å². The lowest BCUT2D eigenvalue weighted by Crippen LogP contribution is -2.27. The van der Waals surface area contributed by atoms with Gasteiger partial charge >= 0.3 is 5.97 Å². The normalized spacial score (nSPS) is 14.0. The second-order valence-electron chi connectivity index (χ2n) is 5.93. The van der Waals surface area contributed by atoms with E-state index in [1.54, 1.807) is 7.11 Å². The number of carbonyl (C=O) groups excluding carboxylic acids is 1. The summed E-state index contributed by atoms with van der Waals surface area (Å²) >= 11 is 0. The lowest BCUT2D eigenvalue weighted by molar-refractivity contribution is -0.147. The molecule has 0 saturated carbocycles. The average Bonchev–Trinajstić information content (AvgIpc) is 2.31. The number of carbonyl (C=O) groups is 1. The first kappa shape index (κ1) is 20.6. The van der Waals surface area contributed by atoms with Gasteiger partial charge in [-0.05, 0) is 32.5 Å². The van der Waals surface area contributed by atoms with Gasteiger partial charge in [-0.25, -0.2) is 0 Å². The summed E-state index contributed by atoms with van der Waals surface area (Å²) in [5.74, 6) is -0.979. The standard InChI is InChI=1S/C13H28O6SSi/c1-12(11-20(15,16)17)19-13(14)9-7-5-6-8-10-21(3,4)18-2/h12H,5-11H2,1-4H3,(H,15,16,17). The van der Waals surface area contributed by atoms with Crippen LogP contribution in [0.1, 0.15) is 39.0 Å². The molecule has 0 aromatic heterocycles. The SMILES string of the molecule is CO[Si](C)(C)CCCCCCC(=O)OC(C)CS(=O)(=O)O. The predicted molar refractivity (Wildman–Crippen MR) is 84.4 cm³/mol. The fourth-order valence-electron chi connectivity index (χ4n) is 1.89. The van der Waals surface area contributed by atoms with Gasteiger partial charge in [-0.15, -0.1) is 0 Å². The molecule has 6 nitrogen and oxygen atoms in total. The highest BCUT2D eigenvalue weighted by Crippen LogP contribution is 2.16. The Bertz CT molecular complexity index is 407. The van der Waals surface area contributed by atoms with Crippen LogP contribution in [-0.2, 0) is 24.1 Å². The van der Waals surface area contributed by atoms with E-state index >= 15 is 0 Å². The van der Waals surface area contributed by atoms with Crippen molar-refractivity contribution in [2.45, 2.75) is 64.3 Å². The Morgan fingerprint density at radius 3 is 2.29 bits per heavy atom. The van der Waals surface area contributed by atoms with E-state index in [9.17, 15) is 13.2 Å². The van der Waals surface area contributed by atoms with Gasteiger partial charge in [-0.1, -0.05) is 19.3 Å². The summed E-state index contributed by atoms with van der Waals surface area (Å²) in [6.07, 6.45) is 3.28. The molecule has 0 aliphatic carbocycles. The molecule has 0 saturated heterocycles. The van der Waals surface area contributed by atoms with Gasteiger partial charge in [0.25, 0.3) is 10.1 Å². The summed E-state index contributed by atoms with van der Waals surface area (Å²) in [5, 5.41) is 0. The molecule has 0 aliphatic rings. The van der Waals surface area contributed by atoms with E-state index in [2.05, 4.69) is 13.1 Å². The van der Waals surface area contributed by atoms with Crippen LogP contribution in [0.4, 0.5) is 0 Å². The number of hydrogen-bond donors (Lipinski definition) is 1. The highest BCUT2D eigenvalue weighted by molar-refractivity contribution is 7.85. The first-order valence-electron chi connectivity index (χ1n) is 7.25. The van der Waals surface area contributed by atoms with Gasteiger partial charge in [0.05, 0.1) is 0 Å². The van der Waals surface area contributed by atoms with Gasteiger partial charge in [-0.3, -0.25) is 9.35 Å². The van der Waals surface area contributed by atoms with Crippen LogP contribution in [0.3, 0.4) is 0 Å². The molecule has 1 atom stereocenters. The fraction of sp³-hybridized carbons (Fsp3) is 0.923. The molecule has 0 bridgehead atoms. The van der Waals surface area contributed by atoms with E-state index in [0.717, 1.165) is 31.7 Å². The molecule has 0 radical (unpaired) electrons. The first-order chi connectivity index (χ1) is 9.56.